The van der Waals surface area contributed by atoms with Crippen molar-refractivity contribution in [2.45, 2.75) is 6.61 Å². The molecular formula is C24H19N7O3. The Labute approximate surface area is 193 Å². The molecule has 3 heterocycles. The van der Waals surface area contributed by atoms with E-state index in [1.165, 1.54) is 12.4 Å². The van der Waals surface area contributed by atoms with Gasteiger partial charge in [-0.1, -0.05) is 36.4 Å². The average Bonchev–Trinajstić information content (AvgIpc) is 3.52. The molecule has 0 aliphatic heterocycles. The lowest BCUT2D eigenvalue weighted by Crippen LogP contribution is -2.14. The molecule has 10 heteroatoms. The number of hydrogen-bond donors (Lipinski definition) is 4. The van der Waals surface area contributed by atoms with Crippen LogP contribution < -0.4 is 15.4 Å². The number of amides is 2. The highest BCUT2D eigenvalue weighted by Crippen LogP contribution is 2.21. The molecule has 0 atom stereocenters. The molecular weight excluding hydrogens is 434 g/mol. The van der Waals surface area contributed by atoms with Gasteiger partial charge in [-0.25, -0.2) is 9.97 Å². The second kappa shape index (κ2) is 9.25. The number of benzene rings is 2. The number of carbonyl (C=O) groups is 2. The van der Waals surface area contributed by atoms with Crippen molar-refractivity contribution in [2.24, 2.45) is 0 Å². The largest absolute Gasteiger partial charge is 0.487 e. The Balaban J connectivity index is 1.30. The highest BCUT2D eigenvalue weighted by molar-refractivity contribution is 6.11. The molecule has 2 amide bonds. The van der Waals surface area contributed by atoms with E-state index in [1.807, 2.05) is 30.3 Å². The van der Waals surface area contributed by atoms with Gasteiger partial charge in [-0.15, -0.1) is 0 Å². The summed E-state index contributed by atoms with van der Waals surface area (Å²) in [7, 11) is 0. The molecule has 34 heavy (non-hydrogen) atoms. The molecule has 5 aromatic rings. The third-order valence-electron chi connectivity index (χ3n) is 4.94. The van der Waals surface area contributed by atoms with Crippen LogP contribution in [-0.4, -0.2) is 36.7 Å². The van der Waals surface area contributed by atoms with Crippen molar-refractivity contribution in [3.8, 4) is 5.75 Å². The van der Waals surface area contributed by atoms with Crippen molar-refractivity contribution in [3.63, 3.8) is 0 Å². The van der Waals surface area contributed by atoms with E-state index in [0.29, 0.717) is 40.5 Å². The summed E-state index contributed by atoms with van der Waals surface area (Å²) in [4.78, 5) is 43.7. The highest BCUT2D eigenvalue weighted by Gasteiger charge is 2.16. The predicted molar refractivity (Wildman–Crippen MR) is 126 cm³/mol. The van der Waals surface area contributed by atoms with Gasteiger partial charge in [0, 0.05) is 18.6 Å². The number of carbonyl (C=O) groups excluding carboxylic acids is 2. The lowest BCUT2D eigenvalue weighted by molar-refractivity contribution is 0.101. The Hall–Kier alpha value is -4.99. The summed E-state index contributed by atoms with van der Waals surface area (Å²) < 4.78 is 5.75. The van der Waals surface area contributed by atoms with Crippen LogP contribution in [0.2, 0.25) is 0 Å². The second-order valence-electron chi connectivity index (χ2n) is 7.32. The van der Waals surface area contributed by atoms with E-state index in [2.05, 4.69) is 35.6 Å². The SMILES string of the molecule is O=C(Nc1nc2c(C(=O)Nc3ncc[nH]3)cccc2[nH]1)c1cncc(OCc2ccccc2)c1. The standard InChI is InChI=1S/C24H19N7O3/c32-21(16-11-17(13-25-12-16)34-14-15-5-2-1-3-6-15)30-24-28-19-8-4-7-18(20(19)29-24)22(33)31-23-26-9-10-27-23/h1-13H,14H2,(H2,26,27,31,33)(H2,28,29,30,32). The molecule has 0 aliphatic carbocycles. The van der Waals surface area contributed by atoms with Crippen LogP contribution in [0, 0.1) is 0 Å². The van der Waals surface area contributed by atoms with Gasteiger partial charge in [0.25, 0.3) is 11.8 Å². The molecule has 168 valence electrons. The van der Waals surface area contributed by atoms with Gasteiger partial charge in [-0.3, -0.25) is 25.2 Å². The van der Waals surface area contributed by atoms with Crippen molar-refractivity contribution in [1.29, 1.82) is 0 Å². The lowest BCUT2D eigenvalue weighted by atomic mass is 10.2. The van der Waals surface area contributed by atoms with Crippen LogP contribution in [0.4, 0.5) is 11.9 Å². The van der Waals surface area contributed by atoms with Crippen molar-refractivity contribution < 1.29 is 14.3 Å². The van der Waals surface area contributed by atoms with E-state index < -0.39 is 5.91 Å². The molecule has 0 radical (unpaired) electrons. The van der Waals surface area contributed by atoms with Gasteiger partial charge in [-0.05, 0) is 23.8 Å². The number of fused-ring (bicyclic) bond motifs is 1. The zero-order valence-corrected chi connectivity index (χ0v) is 17.8. The number of nitrogens with one attached hydrogen (secondary N) is 4. The summed E-state index contributed by atoms with van der Waals surface area (Å²) >= 11 is 0. The number of pyridine rings is 1. The van der Waals surface area contributed by atoms with E-state index in [1.54, 1.807) is 36.7 Å². The minimum absolute atomic E-state index is 0.203. The highest BCUT2D eigenvalue weighted by atomic mass is 16.5. The molecule has 5 rings (SSSR count). The van der Waals surface area contributed by atoms with Gasteiger partial charge in [0.2, 0.25) is 11.9 Å². The van der Waals surface area contributed by atoms with Crippen LogP contribution in [-0.2, 0) is 6.61 Å². The number of hydrogen-bond acceptors (Lipinski definition) is 6. The number of nitrogens with zero attached hydrogens (tertiary/aromatic N) is 3. The van der Waals surface area contributed by atoms with Crippen molar-refractivity contribution in [3.05, 3.63) is 96.1 Å². The number of H-pyrrole nitrogens is 2. The Morgan fingerprint density at radius 1 is 0.941 bits per heavy atom. The number of imidazole rings is 2. The first-order chi connectivity index (χ1) is 16.7. The summed E-state index contributed by atoms with van der Waals surface area (Å²) in [6.45, 7) is 0.361. The fraction of sp³-hybridized carbons (Fsp3) is 0.0417. The van der Waals surface area contributed by atoms with Crippen molar-refractivity contribution in [2.75, 3.05) is 10.6 Å². The fourth-order valence-corrected chi connectivity index (χ4v) is 3.33. The Bertz CT molecular complexity index is 1450. The molecule has 3 aromatic heterocycles. The summed E-state index contributed by atoms with van der Waals surface area (Å²) in [6, 6.07) is 16.4. The zero-order chi connectivity index (χ0) is 23.3. The van der Waals surface area contributed by atoms with Crippen LogP contribution in [0.15, 0.2) is 79.4 Å². The van der Waals surface area contributed by atoms with E-state index in [0.717, 1.165) is 5.56 Å². The Kier molecular flexibility index (Phi) is 5.68. The van der Waals surface area contributed by atoms with E-state index in [9.17, 15) is 9.59 Å². The molecule has 0 bridgehead atoms. The number of aromatic nitrogens is 5. The Morgan fingerprint density at radius 2 is 1.79 bits per heavy atom. The zero-order valence-electron chi connectivity index (χ0n) is 17.8. The minimum Gasteiger partial charge on any atom is -0.487 e. The topological polar surface area (TPSA) is 138 Å². The molecule has 10 nitrogen and oxygen atoms in total. The second-order valence-corrected chi connectivity index (χ2v) is 7.32. The summed E-state index contributed by atoms with van der Waals surface area (Å²) in [5.74, 6) is 0.204. The van der Waals surface area contributed by atoms with E-state index in [-0.39, 0.29) is 11.9 Å². The molecule has 4 N–H and O–H groups in total. The predicted octanol–water partition coefficient (Wildman–Crippen LogP) is 3.76. The van der Waals surface area contributed by atoms with Gasteiger partial charge >= 0.3 is 0 Å². The van der Waals surface area contributed by atoms with E-state index in [4.69, 9.17) is 4.74 Å². The van der Waals surface area contributed by atoms with Gasteiger partial charge in [-0.2, -0.15) is 0 Å². The fourth-order valence-electron chi connectivity index (χ4n) is 3.33. The molecule has 0 spiro atoms. The van der Waals surface area contributed by atoms with E-state index >= 15 is 0 Å². The van der Waals surface area contributed by atoms with Gasteiger partial charge in [0.05, 0.1) is 22.8 Å². The number of ether oxygens (including phenoxy) is 1. The normalized spacial score (nSPS) is 10.7. The monoisotopic (exact) mass is 453 g/mol. The molecule has 0 unspecified atom stereocenters. The number of para-hydroxylation sites is 1. The van der Waals surface area contributed by atoms with Crippen molar-refractivity contribution in [1.82, 2.24) is 24.9 Å². The van der Waals surface area contributed by atoms with Crippen molar-refractivity contribution >= 4 is 34.7 Å². The maximum atomic E-state index is 12.8. The number of aromatic amines is 2. The van der Waals surface area contributed by atoms with Crippen LogP contribution in [0.5, 0.6) is 5.75 Å². The molecule has 2 aromatic carbocycles. The number of rotatable bonds is 7. The first kappa shape index (κ1) is 20.9. The molecule has 0 fully saturated rings. The summed E-state index contributed by atoms with van der Waals surface area (Å²) in [5, 5.41) is 5.38. The Morgan fingerprint density at radius 3 is 2.62 bits per heavy atom. The van der Waals surface area contributed by atoms with Crippen LogP contribution in [0.1, 0.15) is 26.3 Å². The smallest absolute Gasteiger partial charge is 0.260 e. The summed E-state index contributed by atoms with van der Waals surface area (Å²) in [5.41, 5.74) is 2.66. The van der Waals surface area contributed by atoms with Gasteiger partial charge < -0.3 is 14.7 Å². The van der Waals surface area contributed by atoms with Crippen LogP contribution in [0.3, 0.4) is 0 Å². The molecule has 0 saturated heterocycles. The van der Waals surface area contributed by atoms with Gasteiger partial charge in [0.15, 0.2) is 0 Å². The minimum atomic E-state index is -0.418. The molecule has 0 aliphatic rings. The third kappa shape index (κ3) is 4.60. The van der Waals surface area contributed by atoms with Gasteiger partial charge in [0.1, 0.15) is 17.9 Å². The number of anilines is 2. The third-order valence-corrected chi connectivity index (χ3v) is 4.94. The quantitative estimate of drug-likeness (QED) is 0.296. The first-order valence-electron chi connectivity index (χ1n) is 10.4. The maximum Gasteiger partial charge on any atom is 0.260 e. The summed E-state index contributed by atoms with van der Waals surface area (Å²) in [6.07, 6.45) is 6.13. The lowest BCUT2D eigenvalue weighted by Gasteiger charge is -2.07. The maximum absolute atomic E-state index is 12.8. The molecule has 0 saturated carbocycles. The van der Waals surface area contributed by atoms with Crippen LogP contribution in [0.25, 0.3) is 11.0 Å². The first-order valence-corrected chi connectivity index (χ1v) is 10.4. The average molecular weight is 453 g/mol. The van der Waals surface area contributed by atoms with Crippen LogP contribution >= 0.6 is 0 Å².